The molecule has 3 N–H and O–H groups in total. The highest BCUT2D eigenvalue weighted by molar-refractivity contribution is 4.91. The van der Waals surface area contributed by atoms with E-state index in [1.807, 2.05) is 0 Å². The van der Waals surface area contributed by atoms with Gasteiger partial charge in [-0.2, -0.15) is 0 Å². The molecule has 2 unspecified atom stereocenters. The number of hydrogen-bond donors (Lipinski definition) is 2. The van der Waals surface area contributed by atoms with Crippen LogP contribution < -0.4 is 11.1 Å². The third kappa shape index (κ3) is 1.94. The predicted octanol–water partition coefficient (Wildman–Crippen LogP) is 1.11. The van der Waals surface area contributed by atoms with Gasteiger partial charge in [0.15, 0.2) is 0 Å². The zero-order chi connectivity index (χ0) is 8.32. The fourth-order valence-corrected chi connectivity index (χ4v) is 1.72. The average molecular weight is 156 g/mol. The van der Waals surface area contributed by atoms with Gasteiger partial charge >= 0.3 is 0 Å². The highest BCUT2D eigenvalue weighted by Gasteiger charge is 2.30. The van der Waals surface area contributed by atoms with Crippen molar-refractivity contribution >= 4 is 0 Å². The van der Waals surface area contributed by atoms with E-state index in [2.05, 4.69) is 19.2 Å². The van der Waals surface area contributed by atoms with Crippen LogP contribution >= 0.6 is 0 Å². The molecule has 0 aromatic rings. The van der Waals surface area contributed by atoms with Crippen molar-refractivity contribution in [2.45, 2.75) is 38.6 Å². The van der Waals surface area contributed by atoms with Gasteiger partial charge in [-0.05, 0) is 31.7 Å². The molecule has 0 amide bonds. The standard InChI is InChI=1S/C9H20N2/c1-3-9(7-10)5-4-8(2)6-11-9/h8,11H,3-7,10H2,1-2H3. The summed E-state index contributed by atoms with van der Waals surface area (Å²) in [6.45, 7) is 6.44. The number of rotatable bonds is 2. The first-order valence-electron chi connectivity index (χ1n) is 4.67. The first kappa shape index (κ1) is 9.01. The van der Waals surface area contributed by atoms with Crippen molar-refractivity contribution in [3.05, 3.63) is 0 Å². The van der Waals surface area contributed by atoms with E-state index >= 15 is 0 Å². The Bertz CT molecular complexity index is 109. The maximum absolute atomic E-state index is 5.73. The Kier molecular flexibility index (Phi) is 2.90. The summed E-state index contributed by atoms with van der Waals surface area (Å²) >= 11 is 0. The molecule has 0 bridgehead atoms. The topological polar surface area (TPSA) is 38.0 Å². The van der Waals surface area contributed by atoms with Crippen LogP contribution in [0.15, 0.2) is 0 Å². The van der Waals surface area contributed by atoms with Crippen LogP contribution in [0.25, 0.3) is 0 Å². The molecule has 0 spiro atoms. The smallest absolute Gasteiger partial charge is 0.0301 e. The van der Waals surface area contributed by atoms with Crippen LogP contribution in [0.3, 0.4) is 0 Å². The molecule has 1 aliphatic heterocycles. The van der Waals surface area contributed by atoms with E-state index in [0.29, 0.717) is 0 Å². The van der Waals surface area contributed by atoms with Crippen LogP contribution in [-0.4, -0.2) is 18.6 Å². The quantitative estimate of drug-likeness (QED) is 0.628. The van der Waals surface area contributed by atoms with Gasteiger partial charge in [0, 0.05) is 12.1 Å². The molecule has 0 aromatic carbocycles. The van der Waals surface area contributed by atoms with Gasteiger partial charge in [0.25, 0.3) is 0 Å². The molecule has 0 saturated carbocycles. The molecular formula is C9H20N2. The second-order valence-corrected chi connectivity index (χ2v) is 3.86. The van der Waals surface area contributed by atoms with Gasteiger partial charge in [-0.25, -0.2) is 0 Å². The minimum absolute atomic E-state index is 0.270. The first-order chi connectivity index (χ1) is 5.22. The van der Waals surface area contributed by atoms with Crippen LogP contribution in [0.1, 0.15) is 33.1 Å². The summed E-state index contributed by atoms with van der Waals surface area (Å²) < 4.78 is 0. The summed E-state index contributed by atoms with van der Waals surface area (Å²) in [6, 6.07) is 0. The van der Waals surface area contributed by atoms with Gasteiger partial charge in [0.05, 0.1) is 0 Å². The largest absolute Gasteiger partial charge is 0.329 e. The Hall–Kier alpha value is -0.0800. The van der Waals surface area contributed by atoms with Gasteiger partial charge in [0.1, 0.15) is 0 Å². The fourth-order valence-electron chi connectivity index (χ4n) is 1.72. The fraction of sp³-hybridized carbons (Fsp3) is 1.00. The van der Waals surface area contributed by atoms with Crippen LogP contribution in [0.4, 0.5) is 0 Å². The molecule has 1 rings (SSSR count). The number of hydrogen-bond acceptors (Lipinski definition) is 2. The van der Waals surface area contributed by atoms with Gasteiger partial charge in [-0.1, -0.05) is 13.8 Å². The zero-order valence-electron chi connectivity index (χ0n) is 7.69. The molecule has 0 aromatic heterocycles. The van der Waals surface area contributed by atoms with E-state index < -0.39 is 0 Å². The molecule has 0 radical (unpaired) electrons. The summed E-state index contributed by atoms with van der Waals surface area (Å²) in [6.07, 6.45) is 3.75. The summed E-state index contributed by atoms with van der Waals surface area (Å²) in [4.78, 5) is 0. The minimum atomic E-state index is 0.270. The van der Waals surface area contributed by atoms with Crippen molar-refractivity contribution in [1.82, 2.24) is 5.32 Å². The number of nitrogens with one attached hydrogen (secondary N) is 1. The maximum atomic E-state index is 5.73. The molecule has 1 saturated heterocycles. The van der Waals surface area contributed by atoms with Gasteiger partial charge in [-0.15, -0.1) is 0 Å². The van der Waals surface area contributed by atoms with Crippen molar-refractivity contribution in [2.24, 2.45) is 11.7 Å². The lowest BCUT2D eigenvalue weighted by molar-refractivity contribution is 0.214. The predicted molar refractivity (Wildman–Crippen MR) is 48.5 cm³/mol. The molecule has 1 fully saturated rings. The van der Waals surface area contributed by atoms with E-state index in [-0.39, 0.29) is 5.54 Å². The summed E-state index contributed by atoms with van der Waals surface area (Å²) in [5.41, 5.74) is 6.00. The highest BCUT2D eigenvalue weighted by Crippen LogP contribution is 2.24. The molecule has 11 heavy (non-hydrogen) atoms. The van der Waals surface area contributed by atoms with Gasteiger partial charge < -0.3 is 11.1 Å². The molecule has 2 heteroatoms. The molecule has 66 valence electrons. The van der Waals surface area contributed by atoms with Crippen molar-refractivity contribution < 1.29 is 0 Å². The Balaban J connectivity index is 2.45. The van der Waals surface area contributed by atoms with Gasteiger partial charge in [0.2, 0.25) is 0 Å². The minimum Gasteiger partial charge on any atom is -0.329 e. The lowest BCUT2D eigenvalue weighted by Crippen LogP contribution is -2.55. The SMILES string of the molecule is CCC1(CN)CCC(C)CN1. The Morgan fingerprint density at radius 3 is 2.73 bits per heavy atom. The van der Waals surface area contributed by atoms with Crippen LogP contribution in [0.2, 0.25) is 0 Å². The molecular weight excluding hydrogens is 136 g/mol. The van der Waals surface area contributed by atoms with Crippen molar-refractivity contribution in [3.8, 4) is 0 Å². The second kappa shape index (κ2) is 3.55. The lowest BCUT2D eigenvalue weighted by Gasteiger charge is -2.39. The van der Waals surface area contributed by atoms with E-state index in [1.165, 1.54) is 12.8 Å². The maximum Gasteiger partial charge on any atom is 0.0301 e. The van der Waals surface area contributed by atoms with Crippen molar-refractivity contribution in [3.63, 3.8) is 0 Å². The summed E-state index contributed by atoms with van der Waals surface area (Å²) in [5.74, 6) is 0.834. The molecule has 1 aliphatic rings. The lowest BCUT2D eigenvalue weighted by atomic mass is 9.83. The highest BCUT2D eigenvalue weighted by atomic mass is 15.0. The van der Waals surface area contributed by atoms with E-state index in [0.717, 1.165) is 25.4 Å². The Morgan fingerprint density at radius 2 is 2.36 bits per heavy atom. The van der Waals surface area contributed by atoms with Crippen molar-refractivity contribution in [1.29, 1.82) is 0 Å². The van der Waals surface area contributed by atoms with Crippen LogP contribution in [0, 0.1) is 5.92 Å². The average Bonchev–Trinajstić information content (AvgIpc) is 2.07. The monoisotopic (exact) mass is 156 g/mol. The van der Waals surface area contributed by atoms with E-state index in [4.69, 9.17) is 5.73 Å². The molecule has 0 aliphatic carbocycles. The number of nitrogens with two attached hydrogens (primary N) is 1. The summed E-state index contributed by atoms with van der Waals surface area (Å²) in [7, 11) is 0. The first-order valence-corrected chi connectivity index (χ1v) is 4.67. The zero-order valence-corrected chi connectivity index (χ0v) is 7.69. The third-order valence-corrected chi connectivity index (χ3v) is 3.01. The normalized spacial score (nSPS) is 39.0. The van der Waals surface area contributed by atoms with E-state index in [1.54, 1.807) is 0 Å². The van der Waals surface area contributed by atoms with Gasteiger partial charge in [-0.3, -0.25) is 0 Å². The Labute approximate surface area is 69.5 Å². The Morgan fingerprint density at radius 1 is 1.64 bits per heavy atom. The molecule has 1 heterocycles. The van der Waals surface area contributed by atoms with Crippen LogP contribution in [-0.2, 0) is 0 Å². The second-order valence-electron chi connectivity index (χ2n) is 3.86. The van der Waals surface area contributed by atoms with Crippen molar-refractivity contribution in [2.75, 3.05) is 13.1 Å². The third-order valence-electron chi connectivity index (χ3n) is 3.01. The summed E-state index contributed by atoms with van der Waals surface area (Å²) in [5, 5.41) is 3.56. The molecule has 2 atom stereocenters. The molecule has 2 nitrogen and oxygen atoms in total. The number of piperidine rings is 1. The van der Waals surface area contributed by atoms with Crippen LogP contribution in [0.5, 0.6) is 0 Å². The van der Waals surface area contributed by atoms with E-state index in [9.17, 15) is 0 Å².